The minimum atomic E-state index is 0. The molecule has 6 heteroatoms. The van der Waals surface area contributed by atoms with Gasteiger partial charge in [-0.15, -0.1) is 24.0 Å². The number of benzene rings is 1. The molecule has 0 bridgehead atoms. The Morgan fingerprint density at radius 1 is 1.21 bits per heavy atom. The van der Waals surface area contributed by atoms with Crippen LogP contribution in [0.15, 0.2) is 35.3 Å². The van der Waals surface area contributed by atoms with Crippen molar-refractivity contribution in [1.82, 2.24) is 15.1 Å². The van der Waals surface area contributed by atoms with E-state index in [4.69, 9.17) is 9.73 Å². The lowest BCUT2D eigenvalue weighted by molar-refractivity contribution is 0.0906. The van der Waals surface area contributed by atoms with Crippen LogP contribution in [0.25, 0.3) is 0 Å². The molecule has 1 heterocycles. The van der Waals surface area contributed by atoms with E-state index in [0.717, 1.165) is 57.9 Å². The molecule has 0 amide bonds. The van der Waals surface area contributed by atoms with Crippen molar-refractivity contribution in [2.24, 2.45) is 10.9 Å². The van der Waals surface area contributed by atoms with Gasteiger partial charge in [-0.2, -0.15) is 0 Å². The highest BCUT2D eigenvalue weighted by molar-refractivity contribution is 14.0. The van der Waals surface area contributed by atoms with Crippen molar-refractivity contribution < 1.29 is 4.74 Å². The first-order chi connectivity index (χ1) is 13.3. The number of likely N-dealkylation sites (tertiary alicyclic amines) is 1. The molecule has 1 aliphatic carbocycles. The van der Waals surface area contributed by atoms with E-state index in [0.29, 0.717) is 12.5 Å². The van der Waals surface area contributed by atoms with Crippen LogP contribution in [0.1, 0.15) is 38.7 Å². The maximum absolute atomic E-state index is 5.96. The largest absolute Gasteiger partial charge is 0.376 e. The maximum atomic E-state index is 5.96. The highest BCUT2D eigenvalue weighted by atomic mass is 127. The Balaban J connectivity index is 0.00000280. The molecule has 1 aliphatic heterocycles. The topological polar surface area (TPSA) is 40.1 Å². The third-order valence-electron chi connectivity index (χ3n) is 5.50. The number of halogens is 1. The van der Waals surface area contributed by atoms with E-state index in [2.05, 4.69) is 53.2 Å². The van der Waals surface area contributed by atoms with Gasteiger partial charge >= 0.3 is 0 Å². The normalized spacial score (nSPS) is 19.8. The molecule has 28 heavy (non-hydrogen) atoms. The molecule has 3 rings (SSSR count). The highest BCUT2D eigenvalue weighted by Crippen LogP contribution is 2.26. The summed E-state index contributed by atoms with van der Waals surface area (Å²) in [4.78, 5) is 9.88. The van der Waals surface area contributed by atoms with Gasteiger partial charge < -0.3 is 15.0 Å². The number of nitrogens with zero attached hydrogens (tertiary/aromatic N) is 3. The summed E-state index contributed by atoms with van der Waals surface area (Å²) in [5, 5.41) is 3.48. The van der Waals surface area contributed by atoms with Gasteiger partial charge in [0, 0.05) is 38.1 Å². The molecule has 1 unspecified atom stereocenters. The van der Waals surface area contributed by atoms with Crippen LogP contribution >= 0.6 is 24.0 Å². The van der Waals surface area contributed by atoms with Gasteiger partial charge in [0.15, 0.2) is 5.96 Å². The van der Waals surface area contributed by atoms with Crippen LogP contribution in [0.5, 0.6) is 0 Å². The van der Waals surface area contributed by atoms with Crippen molar-refractivity contribution >= 4 is 29.9 Å². The molecular weight excluding hydrogens is 463 g/mol. The number of guanidine groups is 1. The Morgan fingerprint density at radius 3 is 2.68 bits per heavy atom. The van der Waals surface area contributed by atoms with E-state index >= 15 is 0 Å². The number of aliphatic imine (C=N–C) groups is 1. The molecule has 158 valence electrons. The number of likely N-dealkylation sites (N-methyl/N-ethyl adjacent to an activating group) is 1. The van der Waals surface area contributed by atoms with E-state index in [1.54, 1.807) is 0 Å². The van der Waals surface area contributed by atoms with Gasteiger partial charge in [-0.1, -0.05) is 37.3 Å². The van der Waals surface area contributed by atoms with E-state index in [1.807, 2.05) is 6.07 Å². The van der Waals surface area contributed by atoms with E-state index in [9.17, 15) is 0 Å². The Labute approximate surface area is 187 Å². The number of hydrogen-bond donors (Lipinski definition) is 1. The molecule has 1 saturated carbocycles. The first-order valence-corrected chi connectivity index (χ1v) is 10.7. The predicted octanol–water partition coefficient (Wildman–Crippen LogP) is 3.59. The lowest BCUT2D eigenvalue weighted by Crippen LogP contribution is -2.41. The number of ether oxygens (including phenoxy) is 1. The Morgan fingerprint density at radius 2 is 2.00 bits per heavy atom. The third kappa shape index (κ3) is 7.52. The first-order valence-electron chi connectivity index (χ1n) is 10.7. The molecule has 0 spiro atoms. The monoisotopic (exact) mass is 500 g/mol. The third-order valence-corrected chi connectivity index (χ3v) is 5.50. The van der Waals surface area contributed by atoms with E-state index in [-0.39, 0.29) is 24.0 Å². The second kappa shape index (κ2) is 12.6. The molecule has 0 aromatic heterocycles. The van der Waals surface area contributed by atoms with Gasteiger partial charge in [-0.3, -0.25) is 9.89 Å². The zero-order chi connectivity index (χ0) is 18.9. The molecule has 1 saturated heterocycles. The standard InChI is InChI=1S/C22H36N4O.HI/c1-3-23-22(24-13-15-25(4-2)21-10-11-21)26-14-12-20(16-26)18-27-17-19-8-6-5-7-9-19;/h5-9,20-21H,3-4,10-18H2,1-2H3,(H,23,24);1H. The molecular formula is C22H37IN4O. The molecule has 2 aliphatic rings. The van der Waals surface area contributed by atoms with E-state index < -0.39 is 0 Å². The minimum absolute atomic E-state index is 0. The van der Waals surface area contributed by atoms with Crippen molar-refractivity contribution in [3.05, 3.63) is 35.9 Å². The highest BCUT2D eigenvalue weighted by Gasteiger charge is 2.28. The van der Waals surface area contributed by atoms with Crippen LogP contribution in [0.3, 0.4) is 0 Å². The summed E-state index contributed by atoms with van der Waals surface area (Å²) in [6.07, 6.45) is 3.92. The molecule has 1 aromatic carbocycles. The van der Waals surface area contributed by atoms with Crippen molar-refractivity contribution in [3.63, 3.8) is 0 Å². The quantitative estimate of drug-likeness (QED) is 0.303. The molecule has 5 nitrogen and oxygen atoms in total. The second-order valence-electron chi connectivity index (χ2n) is 7.70. The van der Waals surface area contributed by atoms with Crippen LogP contribution in [0.4, 0.5) is 0 Å². The summed E-state index contributed by atoms with van der Waals surface area (Å²) in [6, 6.07) is 11.3. The smallest absolute Gasteiger partial charge is 0.193 e. The fraction of sp³-hybridized carbons (Fsp3) is 0.682. The van der Waals surface area contributed by atoms with Gasteiger partial charge in [0.05, 0.1) is 19.8 Å². The Bertz CT molecular complexity index is 579. The van der Waals surface area contributed by atoms with Crippen LogP contribution in [-0.2, 0) is 11.3 Å². The van der Waals surface area contributed by atoms with Crippen molar-refractivity contribution in [1.29, 1.82) is 0 Å². The van der Waals surface area contributed by atoms with Gasteiger partial charge in [0.25, 0.3) is 0 Å². The fourth-order valence-corrected chi connectivity index (χ4v) is 3.83. The van der Waals surface area contributed by atoms with Gasteiger partial charge in [-0.05, 0) is 38.3 Å². The van der Waals surface area contributed by atoms with Crippen LogP contribution < -0.4 is 5.32 Å². The lowest BCUT2D eigenvalue weighted by Gasteiger charge is -2.23. The first kappa shape index (κ1) is 23.4. The minimum Gasteiger partial charge on any atom is -0.376 e. The summed E-state index contributed by atoms with van der Waals surface area (Å²) in [5.41, 5.74) is 1.25. The van der Waals surface area contributed by atoms with Gasteiger partial charge in [0.1, 0.15) is 0 Å². The number of hydrogen-bond acceptors (Lipinski definition) is 3. The number of nitrogens with one attached hydrogen (secondary N) is 1. The van der Waals surface area contributed by atoms with Crippen molar-refractivity contribution in [3.8, 4) is 0 Å². The Kier molecular flexibility index (Phi) is 10.6. The number of rotatable bonds is 10. The SMILES string of the molecule is CCNC(=NCCN(CC)C1CC1)N1CCC(COCc2ccccc2)C1.I. The lowest BCUT2D eigenvalue weighted by atomic mass is 10.1. The van der Waals surface area contributed by atoms with Crippen LogP contribution in [0.2, 0.25) is 0 Å². The van der Waals surface area contributed by atoms with E-state index in [1.165, 1.54) is 24.8 Å². The van der Waals surface area contributed by atoms with Crippen molar-refractivity contribution in [2.45, 2.75) is 45.8 Å². The second-order valence-corrected chi connectivity index (χ2v) is 7.70. The summed E-state index contributed by atoms with van der Waals surface area (Å²) in [6.45, 7) is 12.1. The molecule has 1 atom stereocenters. The average Bonchev–Trinajstić information content (AvgIpc) is 3.43. The summed E-state index contributed by atoms with van der Waals surface area (Å²) in [7, 11) is 0. The van der Waals surface area contributed by atoms with Crippen molar-refractivity contribution in [2.75, 3.05) is 45.9 Å². The van der Waals surface area contributed by atoms with Gasteiger partial charge in [-0.25, -0.2) is 0 Å². The van der Waals surface area contributed by atoms with Crippen LogP contribution in [-0.4, -0.2) is 67.7 Å². The average molecular weight is 500 g/mol. The summed E-state index contributed by atoms with van der Waals surface area (Å²) >= 11 is 0. The van der Waals surface area contributed by atoms with Gasteiger partial charge in [0.2, 0.25) is 0 Å². The zero-order valence-electron chi connectivity index (χ0n) is 17.5. The molecule has 2 fully saturated rings. The Hall–Kier alpha value is -0.860. The predicted molar refractivity (Wildman–Crippen MR) is 127 cm³/mol. The maximum Gasteiger partial charge on any atom is 0.193 e. The molecule has 0 radical (unpaired) electrons. The molecule has 1 N–H and O–H groups in total. The van der Waals surface area contributed by atoms with Crippen LogP contribution in [0, 0.1) is 5.92 Å². The summed E-state index contributed by atoms with van der Waals surface area (Å²) < 4.78 is 5.96. The molecule has 1 aromatic rings. The fourth-order valence-electron chi connectivity index (χ4n) is 3.83. The summed E-state index contributed by atoms with van der Waals surface area (Å²) in [5.74, 6) is 1.67. The zero-order valence-corrected chi connectivity index (χ0v) is 19.8.